The molecule has 3 N–H and O–H groups in total. The molecule has 0 aliphatic heterocycles. The number of benzene rings is 2. The Bertz CT molecular complexity index is 620. The van der Waals surface area contributed by atoms with Crippen LogP contribution in [-0.4, -0.2) is 30.2 Å². The molecule has 0 aliphatic carbocycles. The van der Waals surface area contributed by atoms with Crippen molar-refractivity contribution in [3.63, 3.8) is 0 Å². The molecule has 0 saturated heterocycles. The van der Waals surface area contributed by atoms with E-state index < -0.39 is 5.97 Å². The fourth-order valence-corrected chi connectivity index (χ4v) is 2.73. The van der Waals surface area contributed by atoms with Gasteiger partial charge in [-0.1, -0.05) is 60.7 Å². The predicted octanol–water partition coefficient (Wildman–Crippen LogP) is 3.37. The average molecular weight is 340 g/mol. The van der Waals surface area contributed by atoms with Gasteiger partial charge in [0, 0.05) is 25.4 Å². The van der Waals surface area contributed by atoms with Gasteiger partial charge in [-0.2, -0.15) is 0 Å². The molecule has 0 atom stereocenters. The molecule has 0 radical (unpaired) electrons. The van der Waals surface area contributed by atoms with Crippen molar-refractivity contribution in [3.05, 3.63) is 71.8 Å². The van der Waals surface area contributed by atoms with Crippen LogP contribution in [-0.2, 0) is 4.79 Å². The number of hydrogen-bond donors (Lipinski definition) is 3. The van der Waals surface area contributed by atoms with E-state index in [0.717, 1.165) is 6.42 Å². The lowest BCUT2D eigenvalue weighted by atomic mass is 9.88. The Hall–Kier alpha value is -2.82. The molecule has 0 spiro atoms. The largest absolute Gasteiger partial charge is 0.481 e. The Morgan fingerprint density at radius 2 is 1.36 bits per heavy atom. The van der Waals surface area contributed by atoms with Crippen LogP contribution in [0.25, 0.3) is 0 Å². The summed E-state index contributed by atoms with van der Waals surface area (Å²) < 4.78 is 0. The zero-order chi connectivity index (χ0) is 17.9. The van der Waals surface area contributed by atoms with E-state index in [1.165, 1.54) is 11.1 Å². The highest BCUT2D eigenvalue weighted by atomic mass is 16.4. The van der Waals surface area contributed by atoms with E-state index in [2.05, 4.69) is 34.9 Å². The SMILES string of the molecule is O=C(O)CCCNC(=O)NCCC(c1ccccc1)c1ccccc1. The molecule has 2 aromatic carbocycles. The van der Waals surface area contributed by atoms with Crippen LogP contribution < -0.4 is 10.6 Å². The summed E-state index contributed by atoms with van der Waals surface area (Å²) in [5.74, 6) is -0.634. The van der Waals surface area contributed by atoms with Gasteiger partial charge >= 0.3 is 12.0 Å². The number of rotatable bonds is 9. The van der Waals surface area contributed by atoms with Crippen LogP contribution in [0.3, 0.4) is 0 Å². The van der Waals surface area contributed by atoms with Gasteiger partial charge < -0.3 is 15.7 Å². The molecule has 2 amide bonds. The number of nitrogens with one attached hydrogen (secondary N) is 2. The molecule has 25 heavy (non-hydrogen) atoms. The Morgan fingerprint density at radius 3 is 1.88 bits per heavy atom. The van der Waals surface area contributed by atoms with Crippen LogP contribution in [0, 0.1) is 0 Å². The number of carboxylic acid groups (broad SMARTS) is 1. The van der Waals surface area contributed by atoms with E-state index in [9.17, 15) is 9.59 Å². The number of carbonyl (C=O) groups is 2. The maximum atomic E-state index is 11.8. The number of carboxylic acids is 1. The molecular weight excluding hydrogens is 316 g/mol. The van der Waals surface area contributed by atoms with Crippen LogP contribution in [0.15, 0.2) is 60.7 Å². The minimum absolute atomic E-state index is 0.0599. The van der Waals surface area contributed by atoms with Crippen molar-refractivity contribution in [2.45, 2.75) is 25.2 Å². The monoisotopic (exact) mass is 340 g/mol. The van der Waals surface area contributed by atoms with Gasteiger partial charge in [0.05, 0.1) is 0 Å². The first-order valence-electron chi connectivity index (χ1n) is 8.50. The molecule has 132 valence electrons. The fourth-order valence-electron chi connectivity index (χ4n) is 2.73. The molecular formula is C20H24N2O3. The molecule has 5 heteroatoms. The van der Waals surface area contributed by atoms with Gasteiger partial charge in [-0.15, -0.1) is 0 Å². The second kappa shape index (κ2) is 10.1. The molecule has 0 saturated carbocycles. The molecule has 0 unspecified atom stereocenters. The van der Waals surface area contributed by atoms with Crippen molar-refractivity contribution in [2.24, 2.45) is 0 Å². The second-order valence-electron chi connectivity index (χ2n) is 5.84. The summed E-state index contributed by atoms with van der Waals surface area (Å²) >= 11 is 0. The van der Waals surface area contributed by atoms with Gasteiger partial charge in [0.2, 0.25) is 0 Å². The highest BCUT2D eigenvalue weighted by molar-refractivity contribution is 5.73. The first kappa shape index (κ1) is 18.5. The fraction of sp³-hybridized carbons (Fsp3) is 0.300. The quantitative estimate of drug-likeness (QED) is 0.612. The molecule has 5 nitrogen and oxygen atoms in total. The normalized spacial score (nSPS) is 10.4. The summed E-state index contributed by atoms with van der Waals surface area (Å²) in [7, 11) is 0. The van der Waals surface area contributed by atoms with E-state index in [0.29, 0.717) is 19.5 Å². The highest BCUT2D eigenvalue weighted by Crippen LogP contribution is 2.27. The molecule has 2 aromatic rings. The molecule has 0 bridgehead atoms. The first-order chi connectivity index (χ1) is 12.2. The van der Waals surface area contributed by atoms with Crippen LogP contribution in [0.2, 0.25) is 0 Å². The maximum absolute atomic E-state index is 11.8. The third kappa shape index (κ3) is 6.67. The Balaban J connectivity index is 1.84. The smallest absolute Gasteiger partial charge is 0.314 e. The van der Waals surface area contributed by atoms with Crippen molar-refractivity contribution >= 4 is 12.0 Å². The zero-order valence-electron chi connectivity index (χ0n) is 14.2. The molecule has 0 aliphatic rings. The summed E-state index contributed by atoms with van der Waals surface area (Å²) in [6.45, 7) is 0.901. The second-order valence-corrected chi connectivity index (χ2v) is 5.84. The minimum Gasteiger partial charge on any atom is -0.481 e. The van der Waals surface area contributed by atoms with Gasteiger partial charge in [0.1, 0.15) is 0 Å². The predicted molar refractivity (Wildman–Crippen MR) is 97.6 cm³/mol. The van der Waals surface area contributed by atoms with Crippen LogP contribution >= 0.6 is 0 Å². The van der Waals surface area contributed by atoms with Gasteiger partial charge in [-0.3, -0.25) is 4.79 Å². The van der Waals surface area contributed by atoms with E-state index in [4.69, 9.17) is 5.11 Å². The van der Waals surface area contributed by atoms with Crippen molar-refractivity contribution in [3.8, 4) is 0 Å². The number of urea groups is 1. The van der Waals surface area contributed by atoms with E-state index in [1.54, 1.807) is 0 Å². The van der Waals surface area contributed by atoms with Crippen LogP contribution in [0.1, 0.15) is 36.3 Å². The zero-order valence-corrected chi connectivity index (χ0v) is 14.2. The first-order valence-corrected chi connectivity index (χ1v) is 8.50. The lowest BCUT2D eigenvalue weighted by Gasteiger charge is -2.18. The standard InChI is InChI=1S/C20H24N2O3/c23-19(24)12-7-14-21-20(25)22-15-13-18(16-8-3-1-4-9-16)17-10-5-2-6-11-17/h1-6,8-11,18H,7,12-15H2,(H,23,24)(H2,21,22,25). The van der Waals surface area contributed by atoms with Gasteiger partial charge in [0.15, 0.2) is 0 Å². The van der Waals surface area contributed by atoms with Gasteiger partial charge in [0.25, 0.3) is 0 Å². The summed E-state index contributed by atoms with van der Waals surface area (Å²) in [4.78, 5) is 22.2. The van der Waals surface area contributed by atoms with Crippen molar-refractivity contribution in [1.29, 1.82) is 0 Å². The molecule has 0 fully saturated rings. The number of aliphatic carboxylic acids is 1. The average Bonchev–Trinajstić information content (AvgIpc) is 2.64. The number of carbonyl (C=O) groups excluding carboxylic acids is 1. The van der Waals surface area contributed by atoms with Crippen molar-refractivity contribution in [1.82, 2.24) is 10.6 Å². The number of hydrogen-bond acceptors (Lipinski definition) is 2. The van der Waals surface area contributed by atoms with Crippen molar-refractivity contribution < 1.29 is 14.7 Å². The Labute approximate surface area is 148 Å². The topological polar surface area (TPSA) is 78.4 Å². The minimum atomic E-state index is -0.851. The lowest BCUT2D eigenvalue weighted by molar-refractivity contribution is -0.137. The molecule has 0 heterocycles. The van der Waals surface area contributed by atoms with Crippen molar-refractivity contribution in [2.75, 3.05) is 13.1 Å². The van der Waals surface area contributed by atoms with Gasteiger partial charge in [-0.05, 0) is 24.0 Å². The highest BCUT2D eigenvalue weighted by Gasteiger charge is 2.14. The summed E-state index contributed by atoms with van der Waals surface area (Å²) in [5, 5.41) is 14.1. The summed E-state index contributed by atoms with van der Waals surface area (Å²) in [5.41, 5.74) is 2.44. The van der Waals surface area contributed by atoms with E-state index in [-0.39, 0.29) is 18.4 Å². The lowest BCUT2D eigenvalue weighted by Crippen LogP contribution is -2.37. The third-order valence-corrected chi connectivity index (χ3v) is 3.98. The maximum Gasteiger partial charge on any atom is 0.314 e. The Kier molecular flexibility index (Phi) is 7.50. The van der Waals surface area contributed by atoms with Crippen LogP contribution in [0.4, 0.5) is 4.79 Å². The van der Waals surface area contributed by atoms with E-state index in [1.807, 2.05) is 36.4 Å². The summed E-state index contributed by atoms with van der Waals surface area (Å²) in [6.07, 6.45) is 1.28. The van der Waals surface area contributed by atoms with E-state index >= 15 is 0 Å². The van der Waals surface area contributed by atoms with Crippen LogP contribution in [0.5, 0.6) is 0 Å². The summed E-state index contributed by atoms with van der Waals surface area (Å²) in [6, 6.07) is 20.2. The molecule has 0 aromatic heterocycles. The third-order valence-electron chi connectivity index (χ3n) is 3.98. The van der Waals surface area contributed by atoms with Gasteiger partial charge in [-0.25, -0.2) is 4.79 Å². The number of amides is 2. The Morgan fingerprint density at radius 1 is 0.840 bits per heavy atom. The molecule has 2 rings (SSSR count).